The normalized spacial score (nSPS) is 10.7. The smallest absolute Gasteiger partial charge is 0.141 e. The summed E-state index contributed by atoms with van der Waals surface area (Å²) in [5.74, 6) is 1.02. The van der Waals surface area contributed by atoms with Gasteiger partial charge in [0.1, 0.15) is 5.82 Å². The van der Waals surface area contributed by atoms with Crippen molar-refractivity contribution in [3.8, 4) is 40.0 Å². The van der Waals surface area contributed by atoms with Gasteiger partial charge in [-0.2, -0.15) is 5.26 Å². The quantitative estimate of drug-likeness (QED) is 0.247. The summed E-state index contributed by atoms with van der Waals surface area (Å²) < 4.78 is 2.41. The number of rotatable bonds is 10. The zero-order valence-electron chi connectivity index (χ0n) is 18.5. The third kappa shape index (κ3) is 5.15. The van der Waals surface area contributed by atoms with Gasteiger partial charge in [0.25, 0.3) is 0 Å². The molecule has 0 unspecified atom stereocenters. The van der Waals surface area contributed by atoms with Gasteiger partial charge in [-0.3, -0.25) is 0 Å². The molecule has 0 saturated heterocycles. The molecule has 0 spiro atoms. The fourth-order valence-corrected chi connectivity index (χ4v) is 4.17. The summed E-state index contributed by atoms with van der Waals surface area (Å²) in [5.41, 5.74) is 5.68. The molecule has 1 aromatic heterocycles. The Labute approximate surface area is 191 Å². The van der Waals surface area contributed by atoms with E-state index in [0.29, 0.717) is 6.42 Å². The van der Waals surface area contributed by atoms with E-state index in [4.69, 9.17) is 10.2 Å². The van der Waals surface area contributed by atoms with E-state index in [-0.39, 0.29) is 0 Å². The minimum absolute atomic E-state index is 0.665. The van der Waals surface area contributed by atoms with Crippen LogP contribution in [0.2, 0.25) is 0 Å². The number of nitriles is 1. The maximum absolute atomic E-state index is 8.73. The first kappa shape index (κ1) is 21.6. The van der Waals surface area contributed by atoms with E-state index in [1.165, 1.54) is 17.7 Å². The van der Waals surface area contributed by atoms with Crippen LogP contribution in [0.25, 0.3) is 33.9 Å². The van der Waals surface area contributed by atoms with E-state index in [2.05, 4.69) is 89.5 Å². The number of nitrogens with zero attached hydrogens (tertiary/aromatic N) is 3. The van der Waals surface area contributed by atoms with Gasteiger partial charge in [0.15, 0.2) is 0 Å². The van der Waals surface area contributed by atoms with Crippen LogP contribution in [0, 0.1) is 11.3 Å². The first-order valence-electron chi connectivity index (χ1n) is 11.5. The fraction of sp³-hybridized carbons (Fsp3) is 0.241. The van der Waals surface area contributed by atoms with E-state index in [1.54, 1.807) is 0 Å². The van der Waals surface area contributed by atoms with E-state index < -0.39 is 0 Å². The highest BCUT2D eigenvalue weighted by Crippen LogP contribution is 2.36. The standard InChI is InChI=1S/C29H29N3/c30-22-14-3-1-2-4-15-23-32-28(25-18-10-6-11-19-25)27(24-16-8-5-9-17-24)31-29(32)26-20-12-7-13-21-26/h5-13,16-21H,1-4,14-15,23H2. The van der Waals surface area contributed by atoms with E-state index in [1.807, 2.05) is 12.1 Å². The molecule has 0 N–H and O–H groups in total. The molecule has 0 aliphatic carbocycles. The summed E-state index contributed by atoms with van der Waals surface area (Å²) in [6.07, 6.45) is 6.22. The summed E-state index contributed by atoms with van der Waals surface area (Å²) >= 11 is 0. The van der Waals surface area contributed by atoms with Gasteiger partial charge in [-0.25, -0.2) is 4.98 Å². The van der Waals surface area contributed by atoms with Crippen LogP contribution >= 0.6 is 0 Å². The summed E-state index contributed by atoms with van der Waals surface area (Å²) in [6.45, 7) is 0.923. The Hall–Kier alpha value is -3.64. The lowest BCUT2D eigenvalue weighted by Gasteiger charge is -2.13. The molecule has 0 aliphatic heterocycles. The van der Waals surface area contributed by atoms with Gasteiger partial charge < -0.3 is 4.57 Å². The van der Waals surface area contributed by atoms with E-state index >= 15 is 0 Å². The topological polar surface area (TPSA) is 41.6 Å². The molecule has 0 saturated carbocycles. The van der Waals surface area contributed by atoms with Crippen LogP contribution in [-0.4, -0.2) is 9.55 Å². The van der Waals surface area contributed by atoms with Crippen molar-refractivity contribution in [2.45, 2.75) is 45.1 Å². The van der Waals surface area contributed by atoms with Crippen LogP contribution in [0.4, 0.5) is 0 Å². The van der Waals surface area contributed by atoms with Crippen molar-refractivity contribution in [1.29, 1.82) is 5.26 Å². The Morgan fingerprint density at radius 3 is 1.78 bits per heavy atom. The highest BCUT2D eigenvalue weighted by molar-refractivity contribution is 5.82. The Bertz CT molecular complexity index is 1140. The SMILES string of the molecule is N#CCCCCCCCn1c(-c2ccccc2)nc(-c2ccccc2)c1-c1ccccc1. The predicted molar refractivity (Wildman–Crippen MR) is 132 cm³/mol. The molecule has 0 fully saturated rings. The molecule has 0 atom stereocenters. The molecule has 4 aromatic rings. The molecule has 32 heavy (non-hydrogen) atoms. The van der Waals surface area contributed by atoms with E-state index in [9.17, 15) is 0 Å². The number of benzene rings is 3. The van der Waals surface area contributed by atoms with Crippen molar-refractivity contribution < 1.29 is 0 Å². The summed E-state index contributed by atoms with van der Waals surface area (Å²) in [7, 11) is 0. The van der Waals surface area contributed by atoms with Crippen molar-refractivity contribution in [2.75, 3.05) is 0 Å². The van der Waals surface area contributed by atoms with Crippen molar-refractivity contribution in [2.24, 2.45) is 0 Å². The lowest BCUT2D eigenvalue weighted by Crippen LogP contribution is -2.03. The zero-order valence-corrected chi connectivity index (χ0v) is 18.5. The first-order chi connectivity index (χ1) is 15.9. The average molecular weight is 420 g/mol. The molecule has 3 aromatic carbocycles. The van der Waals surface area contributed by atoms with Crippen LogP contribution in [0.3, 0.4) is 0 Å². The summed E-state index contributed by atoms with van der Waals surface area (Å²) in [4.78, 5) is 5.19. The van der Waals surface area contributed by atoms with Crippen LogP contribution in [0.15, 0.2) is 91.0 Å². The Morgan fingerprint density at radius 1 is 0.625 bits per heavy atom. The van der Waals surface area contributed by atoms with Crippen molar-refractivity contribution >= 4 is 0 Å². The number of imidazole rings is 1. The molecule has 3 heteroatoms. The molecule has 4 rings (SSSR count). The van der Waals surface area contributed by atoms with Crippen molar-refractivity contribution in [3.63, 3.8) is 0 Å². The number of unbranched alkanes of at least 4 members (excludes halogenated alkanes) is 5. The lowest BCUT2D eigenvalue weighted by molar-refractivity contribution is 0.568. The van der Waals surface area contributed by atoms with Gasteiger partial charge in [0.2, 0.25) is 0 Å². The Kier molecular flexibility index (Phi) is 7.50. The van der Waals surface area contributed by atoms with Crippen molar-refractivity contribution in [3.05, 3.63) is 91.0 Å². The largest absolute Gasteiger partial charge is 0.323 e. The van der Waals surface area contributed by atoms with Gasteiger partial charge in [-0.1, -0.05) is 110 Å². The van der Waals surface area contributed by atoms with Gasteiger partial charge in [0.05, 0.1) is 17.5 Å². The third-order valence-electron chi connectivity index (χ3n) is 5.76. The highest BCUT2D eigenvalue weighted by Gasteiger charge is 2.20. The summed E-state index contributed by atoms with van der Waals surface area (Å²) in [6, 6.07) is 33.8. The Morgan fingerprint density at radius 2 is 1.16 bits per heavy atom. The zero-order chi connectivity index (χ0) is 22.0. The van der Waals surface area contributed by atoms with Gasteiger partial charge in [-0.15, -0.1) is 0 Å². The molecule has 160 valence electrons. The average Bonchev–Trinajstić information content (AvgIpc) is 3.24. The first-order valence-corrected chi connectivity index (χ1v) is 11.5. The molecule has 0 amide bonds. The maximum Gasteiger partial charge on any atom is 0.141 e. The van der Waals surface area contributed by atoms with Gasteiger partial charge in [0, 0.05) is 29.7 Å². The number of aromatic nitrogens is 2. The molecule has 0 aliphatic rings. The van der Waals surface area contributed by atoms with Crippen molar-refractivity contribution in [1.82, 2.24) is 9.55 Å². The molecule has 0 radical (unpaired) electrons. The van der Waals surface area contributed by atoms with Crippen LogP contribution in [0.1, 0.15) is 38.5 Å². The van der Waals surface area contributed by atoms with Gasteiger partial charge in [-0.05, 0) is 12.8 Å². The molecule has 0 bridgehead atoms. The second-order valence-corrected chi connectivity index (χ2v) is 8.06. The molecule has 1 heterocycles. The minimum Gasteiger partial charge on any atom is -0.323 e. The molecule has 3 nitrogen and oxygen atoms in total. The molecular weight excluding hydrogens is 390 g/mol. The highest BCUT2D eigenvalue weighted by atomic mass is 15.1. The number of hydrogen-bond donors (Lipinski definition) is 0. The monoisotopic (exact) mass is 419 g/mol. The van der Waals surface area contributed by atoms with Gasteiger partial charge >= 0.3 is 0 Å². The predicted octanol–water partition coefficient (Wildman–Crippen LogP) is 7.75. The second kappa shape index (κ2) is 11.1. The minimum atomic E-state index is 0.665. The summed E-state index contributed by atoms with van der Waals surface area (Å²) in [5, 5.41) is 8.73. The lowest BCUT2D eigenvalue weighted by atomic mass is 10.0. The Balaban J connectivity index is 1.73. The van der Waals surface area contributed by atoms with E-state index in [0.717, 1.165) is 54.9 Å². The maximum atomic E-state index is 8.73. The van der Waals surface area contributed by atoms with Crippen LogP contribution < -0.4 is 0 Å². The fourth-order valence-electron chi connectivity index (χ4n) is 4.17. The van der Waals surface area contributed by atoms with Crippen LogP contribution in [-0.2, 0) is 6.54 Å². The second-order valence-electron chi connectivity index (χ2n) is 8.06. The van der Waals surface area contributed by atoms with Crippen LogP contribution in [0.5, 0.6) is 0 Å². The molecular formula is C29H29N3. The number of hydrogen-bond acceptors (Lipinski definition) is 2. The third-order valence-corrected chi connectivity index (χ3v) is 5.76.